The van der Waals surface area contributed by atoms with Gasteiger partial charge in [-0.2, -0.15) is 0 Å². The number of allylic oxidation sites excluding steroid dienone is 2. The van der Waals surface area contributed by atoms with Crippen molar-refractivity contribution < 1.29 is 14.3 Å². The topological polar surface area (TPSA) is 43.4 Å². The first kappa shape index (κ1) is 17.2. The third kappa shape index (κ3) is 3.41. The van der Waals surface area contributed by atoms with Crippen LogP contribution in [0.25, 0.3) is 5.57 Å². The summed E-state index contributed by atoms with van der Waals surface area (Å²) in [6.45, 7) is 1.56. The molecule has 1 aliphatic rings. The van der Waals surface area contributed by atoms with Gasteiger partial charge in [0.25, 0.3) is 0 Å². The van der Waals surface area contributed by atoms with Gasteiger partial charge in [-0.15, -0.1) is 0 Å². The highest BCUT2D eigenvalue weighted by molar-refractivity contribution is 6.07. The summed E-state index contributed by atoms with van der Waals surface area (Å²) in [5.41, 5.74) is 2.88. The monoisotopic (exact) mass is 334 g/mol. The van der Waals surface area contributed by atoms with E-state index in [1.807, 2.05) is 60.7 Å². The Balaban J connectivity index is 2.11. The summed E-state index contributed by atoms with van der Waals surface area (Å²) in [6, 6.07) is 19.7. The van der Waals surface area contributed by atoms with Gasteiger partial charge < -0.3 is 9.53 Å². The van der Waals surface area contributed by atoms with Gasteiger partial charge in [0.1, 0.15) is 11.5 Å². The van der Waals surface area contributed by atoms with Crippen molar-refractivity contribution in [3.8, 4) is 0 Å². The van der Waals surface area contributed by atoms with Crippen molar-refractivity contribution in [3.63, 3.8) is 0 Å². The molecule has 0 spiro atoms. The third-order valence-electron chi connectivity index (χ3n) is 4.72. The van der Waals surface area contributed by atoms with Crippen molar-refractivity contribution in [2.24, 2.45) is 5.92 Å². The van der Waals surface area contributed by atoms with Gasteiger partial charge in [0.15, 0.2) is 5.78 Å². The van der Waals surface area contributed by atoms with Crippen molar-refractivity contribution in [2.45, 2.75) is 25.7 Å². The number of Topliss-reactive ketones (excluding diaryl/α,β-unsaturated/α-hetero) is 2. The molecule has 0 saturated carbocycles. The van der Waals surface area contributed by atoms with Crippen molar-refractivity contribution in [1.82, 2.24) is 0 Å². The number of hydrogen-bond acceptors (Lipinski definition) is 3. The fourth-order valence-corrected chi connectivity index (χ4v) is 3.58. The van der Waals surface area contributed by atoms with E-state index in [9.17, 15) is 9.59 Å². The molecule has 0 fully saturated rings. The molecular weight excluding hydrogens is 312 g/mol. The number of benzene rings is 2. The smallest absolute Gasteiger partial charge is 0.155 e. The summed E-state index contributed by atoms with van der Waals surface area (Å²) in [4.78, 5) is 24.7. The Bertz CT molecular complexity index is 791. The summed E-state index contributed by atoms with van der Waals surface area (Å²) in [6.07, 6.45) is 0.879. The lowest BCUT2D eigenvalue weighted by Crippen LogP contribution is -2.17. The summed E-state index contributed by atoms with van der Waals surface area (Å²) >= 11 is 0. The molecule has 128 valence electrons. The number of ketones is 2. The normalized spacial score (nSPS) is 20.0. The molecule has 3 heteroatoms. The van der Waals surface area contributed by atoms with Crippen LogP contribution in [0.5, 0.6) is 0 Å². The Morgan fingerprint density at radius 3 is 2.16 bits per heavy atom. The molecular formula is C22H22O3. The van der Waals surface area contributed by atoms with Gasteiger partial charge in [-0.1, -0.05) is 60.7 Å². The first-order valence-corrected chi connectivity index (χ1v) is 8.55. The second kappa shape index (κ2) is 7.47. The van der Waals surface area contributed by atoms with Crippen LogP contribution in [0.4, 0.5) is 0 Å². The van der Waals surface area contributed by atoms with E-state index in [2.05, 4.69) is 0 Å². The number of rotatable bonds is 6. The molecule has 2 atom stereocenters. The first-order valence-electron chi connectivity index (χ1n) is 8.55. The zero-order valence-electron chi connectivity index (χ0n) is 14.6. The van der Waals surface area contributed by atoms with Crippen LogP contribution in [0.2, 0.25) is 0 Å². The second-order valence-electron chi connectivity index (χ2n) is 6.39. The lowest BCUT2D eigenvalue weighted by atomic mass is 9.86. The quantitative estimate of drug-likeness (QED) is 0.786. The molecule has 2 unspecified atom stereocenters. The molecule has 0 heterocycles. The highest BCUT2D eigenvalue weighted by Gasteiger charge is 2.43. The third-order valence-corrected chi connectivity index (χ3v) is 4.72. The molecule has 2 aromatic carbocycles. The molecule has 0 aliphatic heterocycles. The first-order chi connectivity index (χ1) is 12.1. The van der Waals surface area contributed by atoms with E-state index >= 15 is 0 Å². The highest BCUT2D eigenvalue weighted by atomic mass is 16.5. The average Bonchev–Trinajstić information content (AvgIpc) is 2.93. The molecule has 0 aromatic heterocycles. The second-order valence-corrected chi connectivity index (χ2v) is 6.39. The van der Waals surface area contributed by atoms with Gasteiger partial charge in [0, 0.05) is 12.0 Å². The molecule has 2 aromatic rings. The summed E-state index contributed by atoms with van der Waals surface area (Å²) in [7, 11) is 1.61. The Morgan fingerprint density at radius 1 is 1.00 bits per heavy atom. The molecule has 1 aliphatic carbocycles. The van der Waals surface area contributed by atoms with Gasteiger partial charge in [0.2, 0.25) is 0 Å². The molecule has 0 saturated heterocycles. The summed E-state index contributed by atoms with van der Waals surface area (Å²) in [5.74, 6) is 0.187. The van der Waals surface area contributed by atoms with Crippen LogP contribution in [0.15, 0.2) is 66.4 Å². The van der Waals surface area contributed by atoms with Gasteiger partial charge in [-0.25, -0.2) is 0 Å². The van der Waals surface area contributed by atoms with E-state index in [0.717, 1.165) is 16.7 Å². The van der Waals surface area contributed by atoms with Crippen molar-refractivity contribution >= 4 is 17.1 Å². The number of carbonyl (C=O) groups is 2. The van der Waals surface area contributed by atoms with Crippen LogP contribution in [-0.4, -0.2) is 18.7 Å². The van der Waals surface area contributed by atoms with Crippen LogP contribution < -0.4 is 0 Å². The maximum atomic E-state index is 13.2. The molecule has 0 radical (unpaired) electrons. The zero-order valence-corrected chi connectivity index (χ0v) is 14.6. The maximum absolute atomic E-state index is 13.2. The molecule has 3 nitrogen and oxygen atoms in total. The van der Waals surface area contributed by atoms with E-state index in [1.165, 1.54) is 0 Å². The fourth-order valence-electron chi connectivity index (χ4n) is 3.58. The predicted octanol–water partition coefficient (Wildman–Crippen LogP) is 4.40. The van der Waals surface area contributed by atoms with Crippen molar-refractivity contribution in [1.29, 1.82) is 0 Å². The lowest BCUT2D eigenvalue weighted by Gasteiger charge is -2.15. The number of methoxy groups -OCH3 is 1. The van der Waals surface area contributed by atoms with Crippen LogP contribution in [0, 0.1) is 5.92 Å². The van der Waals surface area contributed by atoms with E-state index in [-0.39, 0.29) is 23.4 Å². The fraction of sp³-hybridized carbons (Fsp3) is 0.273. The Kier molecular flexibility index (Phi) is 5.13. The summed E-state index contributed by atoms with van der Waals surface area (Å²) < 4.78 is 5.69. The molecule has 25 heavy (non-hydrogen) atoms. The Labute approximate surface area is 148 Å². The van der Waals surface area contributed by atoms with Crippen LogP contribution in [-0.2, 0) is 14.3 Å². The molecule has 0 amide bonds. The van der Waals surface area contributed by atoms with Crippen molar-refractivity contribution in [2.75, 3.05) is 7.11 Å². The Morgan fingerprint density at radius 2 is 1.60 bits per heavy atom. The number of carbonyl (C=O) groups excluding carboxylic acids is 2. The number of ether oxygens (including phenoxy) is 1. The highest BCUT2D eigenvalue weighted by Crippen LogP contribution is 2.47. The average molecular weight is 334 g/mol. The molecule has 0 bridgehead atoms. The van der Waals surface area contributed by atoms with E-state index in [1.54, 1.807) is 14.0 Å². The van der Waals surface area contributed by atoms with Gasteiger partial charge in [0.05, 0.1) is 18.9 Å². The predicted molar refractivity (Wildman–Crippen MR) is 98.0 cm³/mol. The van der Waals surface area contributed by atoms with Crippen molar-refractivity contribution in [3.05, 3.63) is 77.5 Å². The minimum absolute atomic E-state index is 0.0904. The van der Waals surface area contributed by atoms with Crippen LogP contribution in [0.3, 0.4) is 0 Å². The van der Waals surface area contributed by atoms with Crippen LogP contribution in [0.1, 0.15) is 36.8 Å². The van der Waals surface area contributed by atoms with E-state index < -0.39 is 0 Å². The molecule has 0 N–H and O–H groups in total. The van der Waals surface area contributed by atoms with Gasteiger partial charge >= 0.3 is 0 Å². The minimum Gasteiger partial charge on any atom is -0.500 e. The zero-order chi connectivity index (χ0) is 17.8. The van der Waals surface area contributed by atoms with Gasteiger partial charge in [-0.05, 0) is 24.5 Å². The standard InChI is InChI=1S/C22H22O3/c1-15(23)13-14-18-21(24)19(16-9-5-3-6-10-16)20(22(18)25-2)17-11-7-4-8-12-17/h3-12,18-19H,13-14H2,1-2H3. The number of hydrogen-bond donors (Lipinski definition) is 0. The molecule has 3 rings (SSSR count). The van der Waals surface area contributed by atoms with Gasteiger partial charge in [-0.3, -0.25) is 4.79 Å². The lowest BCUT2D eigenvalue weighted by molar-refractivity contribution is -0.122. The van der Waals surface area contributed by atoms with E-state index in [4.69, 9.17) is 4.74 Å². The maximum Gasteiger partial charge on any atom is 0.155 e. The summed E-state index contributed by atoms with van der Waals surface area (Å²) in [5, 5.41) is 0. The minimum atomic E-state index is -0.366. The van der Waals surface area contributed by atoms with E-state index in [0.29, 0.717) is 18.6 Å². The largest absolute Gasteiger partial charge is 0.500 e. The van der Waals surface area contributed by atoms with Crippen LogP contribution >= 0.6 is 0 Å². The Hall–Kier alpha value is -2.68. The SMILES string of the molecule is COC1=C(c2ccccc2)C(c2ccccc2)C(=O)C1CCC(C)=O.